The van der Waals surface area contributed by atoms with Gasteiger partial charge in [-0.25, -0.2) is 4.79 Å². The van der Waals surface area contributed by atoms with E-state index in [1.807, 2.05) is 0 Å². The highest BCUT2D eigenvalue weighted by molar-refractivity contribution is 7.98. The second-order valence-corrected chi connectivity index (χ2v) is 8.01. The third-order valence-corrected chi connectivity index (χ3v) is 5.82. The lowest BCUT2D eigenvalue weighted by Gasteiger charge is -2.20. The van der Waals surface area contributed by atoms with Crippen molar-refractivity contribution in [1.82, 2.24) is 10.6 Å². The van der Waals surface area contributed by atoms with E-state index in [9.17, 15) is 14.7 Å². The number of esters is 1. The number of aromatic hydroxyl groups is 1. The minimum Gasteiger partial charge on any atom is -0.507 e. The van der Waals surface area contributed by atoms with Gasteiger partial charge < -0.3 is 25.2 Å². The summed E-state index contributed by atoms with van der Waals surface area (Å²) < 4.78 is 10.7. The molecule has 1 aliphatic rings. The van der Waals surface area contributed by atoms with Crippen LogP contribution in [-0.4, -0.2) is 54.0 Å². The molecule has 158 valence electrons. The van der Waals surface area contributed by atoms with Gasteiger partial charge in [-0.05, 0) is 13.3 Å². The SMILES string of the molecule is C=CCNC(=O)[C@@H]1CSCc2c(O)cc(OC)c(C)c2C(=O)OCCCC(=S)N1. The number of hydrogen-bond acceptors (Lipinski definition) is 7. The Morgan fingerprint density at radius 2 is 2.34 bits per heavy atom. The topological polar surface area (TPSA) is 96.9 Å². The molecule has 0 aliphatic carbocycles. The molecule has 0 saturated heterocycles. The molecule has 0 spiro atoms. The highest BCUT2D eigenvalue weighted by Gasteiger charge is 2.25. The standard InChI is InChI=1S/C20H26N2O5S2/c1-4-7-21-19(24)14-11-29-10-13-15(23)9-16(26-3)12(2)18(13)20(25)27-8-5-6-17(28)22-14/h4,9,14,23H,1,5-8,10-11H2,2-3H3,(H,21,24)(H,22,28)/t14-/m0/s1. The number of fused-ring (bicyclic) bond motifs is 1. The molecule has 2 rings (SSSR count). The van der Waals surface area contributed by atoms with E-state index in [0.29, 0.717) is 58.3 Å². The van der Waals surface area contributed by atoms with Crippen molar-refractivity contribution >= 4 is 40.8 Å². The molecular weight excluding hydrogens is 412 g/mol. The number of phenolic OH excluding ortho intramolecular Hbond substituents is 1. The summed E-state index contributed by atoms with van der Waals surface area (Å²) in [5.41, 5.74) is 1.37. The molecule has 1 heterocycles. The number of rotatable bonds is 4. The number of phenols is 1. The van der Waals surface area contributed by atoms with Crippen LogP contribution in [0.5, 0.6) is 11.5 Å². The Balaban J connectivity index is 2.33. The number of thiocarbonyl (C=S) groups is 1. The number of methoxy groups -OCH3 is 1. The summed E-state index contributed by atoms with van der Waals surface area (Å²) in [6.07, 6.45) is 2.63. The van der Waals surface area contributed by atoms with Crippen molar-refractivity contribution in [2.24, 2.45) is 0 Å². The van der Waals surface area contributed by atoms with Gasteiger partial charge >= 0.3 is 5.97 Å². The summed E-state index contributed by atoms with van der Waals surface area (Å²) in [6.45, 7) is 5.89. The molecule has 0 bridgehead atoms. The molecule has 1 amide bonds. The fourth-order valence-electron chi connectivity index (χ4n) is 2.93. The van der Waals surface area contributed by atoms with E-state index >= 15 is 0 Å². The van der Waals surface area contributed by atoms with Crippen molar-refractivity contribution < 1.29 is 24.2 Å². The van der Waals surface area contributed by atoms with Crippen molar-refractivity contribution in [2.75, 3.05) is 26.0 Å². The van der Waals surface area contributed by atoms with Crippen LogP contribution in [0, 0.1) is 6.92 Å². The summed E-state index contributed by atoms with van der Waals surface area (Å²) in [5, 5.41) is 16.3. The summed E-state index contributed by atoms with van der Waals surface area (Å²) in [7, 11) is 1.48. The number of nitrogens with one attached hydrogen (secondary N) is 2. The second-order valence-electron chi connectivity index (χ2n) is 6.49. The van der Waals surface area contributed by atoms with Crippen LogP contribution >= 0.6 is 24.0 Å². The monoisotopic (exact) mass is 438 g/mol. The van der Waals surface area contributed by atoms with E-state index < -0.39 is 12.0 Å². The maximum absolute atomic E-state index is 12.7. The Morgan fingerprint density at radius 1 is 1.59 bits per heavy atom. The van der Waals surface area contributed by atoms with E-state index in [1.54, 1.807) is 13.0 Å². The Morgan fingerprint density at radius 3 is 3.03 bits per heavy atom. The number of thioether (sulfide) groups is 1. The van der Waals surface area contributed by atoms with E-state index in [4.69, 9.17) is 21.7 Å². The lowest BCUT2D eigenvalue weighted by molar-refractivity contribution is -0.122. The van der Waals surface area contributed by atoms with E-state index in [-0.39, 0.29) is 18.3 Å². The molecule has 0 fully saturated rings. The number of carbonyl (C=O) groups excluding carboxylic acids is 2. The Kier molecular flexibility index (Phi) is 8.78. The van der Waals surface area contributed by atoms with Crippen LogP contribution in [0.3, 0.4) is 0 Å². The van der Waals surface area contributed by atoms with Crippen molar-refractivity contribution in [1.29, 1.82) is 0 Å². The molecule has 1 aromatic carbocycles. The number of ether oxygens (including phenoxy) is 2. The highest BCUT2D eigenvalue weighted by atomic mass is 32.2. The van der Waals surface area contributed by atoms with Gasteiger partial charge in [0.1, 0.15) is 17.5 Å². The fraction of sp³-hybridized carbons (Fsp3) is 0.450. The van der Waals surface area contributed by atoms with E-state index in [0.717, 1.165) is 0 Å². The minimum atomic E-state index is -0.533. The molecule has 29 heavy (non-hydrogen) atoms. The third-order valence-electron chi connectivity index (χ3n) is 4.43. The third kappa shape index (κ3) is 6.11. The van der Waals surface area contributed by atoms with Gasteiger partial charge in [0.05, 0.1) is 24.3 Å². The van der Waals surface area contributed by atoms with Gasteiger partial charge in [-0.15, -0.1) is 6.58 Å². The molecule has 9 heteroatoms. The molecule has 3 N–H and O–H groups in total. The zero-order chi connectivity index (χ0) is 21.4. The average molecular weight is 439 g/mol. The van der Waals surface area contributed by atoms with E-state index in [1.165, 1.54) is 24.9 Å². The zero-order valence-corrected chi connectivity index (χ0v) is 18.2. The van der Waals surface area contributed by atoms with Gasteiger partial charge in [0.2, 0.25) is 5.91 Å². The number of cyclic esters (lactones) is 1. The van der Waals surface area contributed by atoms with Crippen molar-refractivity contribution in [2.45, 2.75) is 31.6 Å². The lowest BCUT2D eigenvalue weighted by Crippen LogP contribution is -2.47. The van der Waals surface area contributed by atoms with Crippen molar-refractivity contribution in [3.63, 3.8) is 0 Å². The summed E-state index contributed by atoms with van der Waals surface area (Å²) >= 11 is 6.74. The molecular formula is C20H26N2O5S2. The molecule has 1 atom stereocenters. The van der Waals surface area contributed by atoms with Gasteiger partial charge in [-0.3, -0.25) is 4.79 Å². The Hall–Kier alpha value is -2.26. The normalized spacial score (nSPS) is 18.1. The maximum atomic E-state index is 12.7. The minimum absolute atomic E-state index is 0.0436. The predicted molar refractivity (Wildman–Crippen MR) is 118 cm³/mol. The first-order valence-corrected chi connectivity index (χ1v) is 10.8. The van der Waals surface area contributed by atoms with Gasteiger partial charge in [0.25, 0.3) is 0 Å². The molecule has 1 aliphatic heterocycles. The Bertz CT molecular complexity index is 798. The molecule has 1 aromatic rings. The predicted octanol–water partition coefficient (Wildman–Crippen LogP) is 2.48. The van der Waals surface area contributed by atoms with Crippen LogP contribution < -0.4 is 15.4 Å². The molecule has 7 nitrogen and oxygen atoms in total. The Labute approximate surface area is 180 Å². The van der Waals surface area contributed by atoms with Gasteiger partial charge in [0, 0.05) is 41.7 Å². The van der Waals surface area contributed by atoms with Crippen LogP contribution in [0.15, 0.2) is 18.7 Å². The zero-order valence-electron chi connectivity index (χ0n) is 16.6. The number of hydrogen-bond donors (Lipinski definition) is 3. The first-order chi connectivity index (χ1) is 13.9. The number of benzene rings is 1. The van der Waals surface area contributed by atoms with Gasteiger partial charge in [0.15, 0.2) is 0 Å². The summed E-state index contributed by atoms with van der Waals surface area (Å²) in [5.74, 6) is 0.404. The first kappa shape index (κ1) is 23.0. The van der Waals surface area contributed by atoms with Crippen molar-refractivity contribution in [3.8, 4) is 11.5 Å². The first-order valence-electron chi connectivity index (χ1n) is 9.21. The summed E-state index contributed by atoms with van der Waals surface area (Å²) in [6, 6.07) is 0.955. The van der Waals surface area contributed by atoms with Crippen LogP contribution in [0.25, 0.3) is 0 Å². The van der Waals surface area contributed by atoms with E-state index in [2.05, 4.69) is 17.2 Å². The fourth-order valence-corrected chi connectivity index (χ4v) is 4.30. The average Bonchev–Trinajstić information content (AvgIpc) is 2.71. The molecule has 0 unspecified atom stereocenters. The van der Waals surface area contributed by atoms with Crippen LogP contribution in [0.1, 0.15) is 34.3 Å². The van der Waals surface area contributed by atoms with Gasteiger partial charge in [-0.1, -0.05) is 18.3 Å². The number of amides is 1. The maximum Gasteiger partial charge on any atom is 0.338 e. The van der Waals surface area contributed by atoms with Gasteiger partial charge in [-0.2, -0.15) is 11.8 Å². The molecule has 0 aromatic heterocycles. The summed E-state index contributed by atoms with van der Waals surface area (Å²) in [4.78, 5) is 25.7. The van der Waals surface area contributed by atoms with Crippen LogP contribution in [0.2, 0.25) is 0 Å². The largest absolute Gasteiger partial charge is 0.507 e. The van der Waals surface area contributed by atoms with Crippen LogP contribution in [-0.2, 0) is 15.3 Å². The lowest BCUT2D eigenvalue weighted by atomic mass is 10.0. The number of carbonyl (C=O) groups is 2. The van der Waals surface area contributed by atoms with Crippen molar-refractivity contribution in [3.05, 3.63) is 35.4 Å². The smallest absolute Gasteiger partial charge is 0.338 e. The second kappa shape index (κ2) is 11.1. The van der Waals surface area contributed by atoms with Crippen LogP contribution in [0.4, 0.5) is 0 Å². The molecule has 0 radical (unpaired) electrons. The highest BCUT2D eigenvalue weighted by Crippen LogP contribution is 2.35. The molecule has 0 saturated carbocycles. The quantitative estimate of drug-likeness (QED) is 0.375.